The minimum atomic E-state index is -0.946. The average Bonchev–Trinajstić information content (AvgIpc) is 3.13. The van der Waals surface area contributed by atoms with Crippen LogP contribution in [0.5, 0.6) is 0 Å². The molecular formula is C30H35N3O7. The maximum absolute atomic E-state index is 13.0. The molecule has 0 spiro atoms. The number of alkyl carbamates (subject to hydrolysis) is 2. The van der Waals surface area contributed by atoms with Crippen molar-refractivity contribution in [1.82, 2.24) is 15.5 Å². The standard InChI is InChI=1S/C30H35N3O7/c1-2-18-39-29(37)31-25-14-16-33(27(34)12-7-13-28(35)36)17-15-26(25)32-30(38)40-19-24-22-10-5-3-8-20(22)21-9-4-6-11-23(21)24/h2-6,8-11,24-26H,1,7,12-19H2,(H,31,37)(H,32,38)(H,35,36)/t25-,26-/m0/s1. The number of likely N-dealkylation sites (tertiary alicyclic amines) is 1. The molecule has 0 radical (unpaired) electrons. The van der Waals surface area contributed by atoms with Crippen LogP contribution in [0.4, 0.5) is 9.59 Å². The number of fused-ring (bicyclic) bond motifs is 3. The number of amides is 3. The Morgan fingerprint density at radius 1 is 0.875 bits per heavy atom. The number of carbonyl (C=O) groups is 4. The first-order chi connectivity index (χ1) is 19.4. The second-order valence-corrected chi connectivity index (χ2v) is 9.92. The maximum atomic E-state index is 13.0. The smallest absolute Gasteiger partial charge is 0.407 e. The van der Waals surface area contributed by atoms with E-state index in [0.29, 0.717) is 25.9 Å². The lowest BCUT2D eigenvalue weighted by molar-refractivity contribution is -0.137. The van der Waals surface area contributed by atoms with Gasteiger partial charge in [0, 0.05) is 31.8 Å². The minimum Gasteiger partial charge on any atom is -0.481 e. The minimum absolute atomic E-state index is 0.0389. The molecule has 10 nitrogen and oxygen atoms in total. The molecule has 1 heterocycles. The molecule has 0 saturated carbocycles. The predicted octanol–water partition coefficient (Wildman–Crippen LogP) is 4.05. The van der Waals surface area contributed by atoms with Crippen LogP contribution >= 0.6 is 0 Å². The van der Waals surface area contributed by atoms with Gasteiger partial charge in [-0.2, -0.15) is 0 Å². The van der Waals surface area contributed by atoms with Crippen molar-refractivity contribution in [1.29, 1.82) is 0 Å². The van der Waals surface area contributed by atoms with E-state index in [1.807, 2.05) is 36.4 Å². The molecule has 212 valence electrons. The first-order valence-electron chi connectivity index (χ1n) is 13.5. The quantitative estimate of drug-likeness (QED) is 0.381. The summed E-state index contributed by atoms with van der Waals surface area (Å²) < 4.78 is 10.8. The SMILES string of the molecule is C=CCOC(=O)N[C@H]1CCN(C(=O)CCCC(=O)O)CC[C@@H]1NC(=O)OCC1c2ccccc2-c2ccccc21. The Bertz CT molecular complexity index is 1200. The van der Waals surface area contributed by atoms with Crippen molar-refractivity contribution in [2.24, 2.45) is 0 Å². The fourth-order valence-corrected chi connectivity index (χ4v) is 5.37. The molecule has 2 atom stereocenters. The van der Waals surface area contributed by atoms with Crippen LogP contribution in [0.3, 0.4) is 0 Å². The van der Waals surface area contributed by atoms with Crippen LogP contribution in [-0.2, 0) is 19.1 Å². The third-order valence-electron chi connectivity index (χ3n) is 7.32. The molecular weight excluding hydrogens is 514 g/mol. The zero-order valence-corrected chi connectivity index (χ0v) is 22.3. The van der Waals surface area contributed by atoms with Gasteiger partial charge < -0.3 is 30.1 Å². The summed E-state index contributed by atoms with van der Waals surface area (Å²) in [6, 6.07) is 15.1. The van der Waals surface area contributed by atoms with Crippen LogP contribution in [0.1, 0.15) is 49.1 Å². The summed E-state index contributed by atoms with van der Waals surface area (Å²) in [6.07, 6.45) is 1.24. The number of rotatable bonds is 10. The Morgan fingerprint density at radius 3 is 1.98 bits per heavy atom. The lowest BCUT2D eigenvalue weighted by atomic mass is 9.98. The molecule has 1 fully saturated rings. The highest BCUT2D eigenvalue weighted by atomic mass is 16.6. The number of nitrogens with zero attached hydrogens (tertiary/aromatic N) is 1. The Morgan fingerprint density at radius 2 is 1.43 bits per heavy atom. The van der Waals surface area contributed by atoms with E-state index < -0.39 is 30.2 Å². The Hall–Kier alpha value is -4.34. The molecule has 1 saturated heterocycles. The van der Waals surface area contributed by atoms with Crippen molar-refractivity contribution in [2.75, 3.05) is 26.3 Å². The van der Waals surface area contributed by atoms with Crippen molar-refractivity contribution in [3.63, 3.8) is 0 Å². The zero-order valence-electron chi connectivity index (χ0n) is 22.3. The maximum Gasteiger partial charge on any atom is 0.407 e. The number of aliphatic carboxylic acids is 1. The molecule has 0 bridgehead atoms. The van der Waals surface area contributed by atoms with Gasteiger partial charge >= 0.3 is 18.2 Å². The second-order valence-electron chi connectivity index (χ2n) is 9.92. The Labute approximate surface area is 233 Å². The molecule has 10 heteroatoms. The number of carbonyl (C=O) groups excluding carboxylic acids is 3. The van der Waals surface area contributed by atoms with Crippen LogP contribution in [-0.4, -0.2) is 72.5 Å². The first kappa shape index (κ1) is 28.7. The van der Waals surface area contributed by atoms with Gasteiger partial charge in [-0.05, 0) is 41.5 Å². The van der Waals surface area contributed by atoms with Crippen molar-refractivity contribution in [3.8, 4) is 11.1 Å². The van der Waals surface area contributed by atoms with Gasteiger partial charge in [0.1, 0.15) is 13.2 Å². The summed E-state index contributed by atoms with van der Waals surface area (Å²) >= 11 is 0. The highest BCUT2D eigenvalue weighted by molar-refractivity contribution is 5.79. The van der Waals surface area contributed by atoms with Gasteiger partial charge in [0.25, 0.3) is 0 Å². The fraction of sp³-hybridized carbons (Fsp3) is 0.400. The summed E-state index contributed by atoms with van der Waals surface area (Å²) in [5.74, 6) is -1.19. The third kappa shape index (κ3) is 7.19. The molecule has 4 rings (SSSR count). The summed E-state index contributed by atoms with van der Waals surface area (Å²) in [7, 11) is 0. The highest BCUT2D eigenvalue weighted by Crippen LogP contribution is 2.44. The van der Waals surface area contributed by atoms with E-state index >= 15 is 0 Å². The first-order valence-corrected chi connectivity index (χ1v) is 13.5. The van der Waals surface area contributed by atoms with Crippen LogP contribution in [0.2, 0.25) is 0 Å². The Kier molecular flexibility index (Phi) is 9.77. The molecule has 0 unspecified atom stereocenters. The number of hydrogen-bond donors (Lipinski definition) is 3. The molecule has 2 aromatic rings. The van der Waals surface area contributed by atoms with Gasteiger partial charge in [-0.1, -0.05) is 61.2 Å². The van der Waals surface area contributed by atoms with Crippen molar-refractivity contribution in [3.05, 3.63) is 72.3 Å². The van der Waals surface area contributed by atoms with E-state index in [1.54, 1.807) is 4.90 Å². The molecule has 1 aliphatic carbocycles. The highest BCUT2D eigenvalue weighted by Gasteiger charge is 2.33. The third-order valence-corrected chi connectivity index (χ3v) is 7.32. The predicted molar refractivity (Wildman–Crippen MR) is 148 cm³/mol. The van der Waals surface area contributed by atoms with Crippen molar-refractivity contribution >= 4 is 24.1 Å². The van der Waals surface area contributed by atoms with E-state index in [9.17, 15) is 19.2 Å². The molecule has 1 aliphatic heterocycles. The summed E-state index contributed by atoms with van der Waals surface area (Å²) in [5.41, 5.74) is 4.47. The number of carboxylic acid groups (broad SMARTS) is 1. The topological polar surface area (TPSA) is 134 Å². The summed E-state index contributed by atoms with van der Waals surface area (Å²) in [5, 5.41) is 14.5. The molecule has 3 amide bonds. The number of ether oxygens (including phenoxy) is 2. The molecule has 0 aromatic heterocycles. The van der Waals surface area contributed by atoms with Crippen LogP contribution in [0.15, 0.2) is 61.2 Å². The molecule has 3 N–H and O–H groups in total. The number of benzene rings is 2. The van der Waals surface area contributed by atoms with E-state index in [4.69, 9.17) is 14.6 Å². The van der Waals surface area contributed by atoms with Crippen molar-refractivity contribution < 1.29 is 33.8 Å². The van der Waals surface area contributed by atoms with Crippen LogP contribution in [0, 0.1) is 0 Å². The number of carboxylic acids is 1. The molecule has 40 heavy (non-hydrogen) atoms. The zero-order chi connectivity index (χ0) is 28.5. The van der Waals surface area contributed by atoms with Gasteiger partial charge in [0.2, 0.25) is 5.91 Å². The largest absolute Gasteiger partial charge is 0.481 e. The van der Waals surface area contributed by atoms with E-state index in [0.717, 1.165) is 22.3 Å². The van der Waals surface area contributed by atoms with Crippen LogP contribution < -0.4 is 10.6 Å². The normalized spacial score (nSPS) is 18.1. The lowest BCUT2D eigenvalue weighted by Gasteiger charge is -2.26. The molecule has 2 aliphatic rings. The fourth-order valence-electron chi connectivity index (χ4n) is 5.37. The van der Waals surface area contributed by atoms with E-state index in [2.05, 4.69) is 29.3 Å². The summed E-state index contributed by atoms with van der Waals surface area (Å²) in [6.45, 7) is 4.42. The van der Waals surface area contributed by atoms with Gasteiger partial charge in [-0.25, -0.2) is 9.59 Å². The van der Waals surface area contributed by atoms with E-state index in [1.165, 1.54) is 6.08 Å². The van der Waals surface area contributed by atoms with Crippen LogP contribution in [0.25, 0.3) is 11.1 Å². The van der Waals surface area contributed by atoms with Gasteiger partial charge in [0.05, 0.1) is 12.1 Å². The number of nitrogens with one attached hydrogen (secondary N) is 2. The Balaban J connectivity index is 1.39. The second kappa shape index (κ2) is 13.6. The van der Waals surface area contributed by atoms with E-state index in [-0.39, 0.29) is 44.3 Å². The lowest BCUT2D eigenvalue weighted by Crippen LogP contribution is -2.52. The van der Waals surface area contributed by atoms with Gasteiger partial charge in [-0.15, -0.1) is 0 Å². The molecule has 2 aromatic carbocycles. The average molecular weight is 550 g/mol. The monoisotopic (exact) mass is 549 g/mol. The van der Waals surface area contributed by atoms with Gasteiger partial charge in [-0.3, -0.25) is 9.59 Å². The van der Waals surface area contributed by atoms with Crippen molar-refractivity contribution in [2.45, 2.75) is 50.1 Å². The number of hydrogen-bond acceptors (Lipinski definition) is 6. The summed E-state index contributed by atoms with van der Waals surface area (Å²) in [4.78, 5) is 50.4. The van der Waals surface area contributed by atoms with Gasteiger partial charge in [0.15, 0.2) is 0 Å².